The summed E-state index contributed by atoms with van der Waals surface area (Å²) < 4.78 is 38.0. The molecule has 1 heterocycles. The van der Waals surface area contributed by atoms with Crippen molar-refractivity contribution in [3.63, 3.8) is 0 Å². The second-order valence-corrected chi connectivity index (χ2v) is 5.21. The zero-order valence-corrected chi connectivity index (χ0v) is 11.8. The highest BCUT2D eigenvalue weighted by atomic mass is 32.2. The molecule has 3 nitrogen and oxygen atoms in total. The van der Waals surface area contributed by atoms with Crippen LogP contribution in [0.15, 0.2) is 35.5 Å². The van der Waals surface area contributed by atoms with Gasteiger partial charge in [0.25, 0.3) is 0 Å². The molecule has 0 spiro atoms. The Balaban J connectivity index is 2.12. The van der Waals surface area contributed by atoms with Crippen molar-refractivity contribution < 1.29 is 13.2 Å². The van der Waals surface area contributed by atoms with Crippen molar-refractivity contribution in [3.05, 3.63) is 52.8 Å². The number of nitrogens with zero attached hydrogens (tertiary/aromatic N) is 3. The van der Waals surface area contributed by atoms with E-state index in [0.29, 0.717) is 11.3 Å². The smallest absolute Gasteiger partial charge is 0.228 e. The van der Waals surface area contributed by atoms with E-state index in [9.17, 15) is 13.2 Å². The second-order valence-electron chi connectivity index (χ2n) is 4.27. The lowest BCUT2D eigenvalue weighted by molar-refractivity contribution is -0.141. The van der Waals surface area contributed by atoms with Crippen molar-refractivity contribution in [3.8, 4) is 6.07 Å². The number of benzene rings is 1. The molecule has 7 heteroatoms. The monoisotopic (exact) mass is 309 g/mol. The van der Waals surface area contributed by atoms with E-state index in [2.05, 4.69) is 9.97 Å². The topological polar surface area (TPSA) is 49.6 Å². The summed E-state index contributed by atoms with van der Waals surface area (Å²) in [6.45, 7) is 1.50. The van der Waals surface area contributed by atoms with E-state index in [0.717, 1.165) is 23.4 Å². The van der Waals surface area contributed by atoms with Crippen LogP contribution in [0, 0.1) is 18.3 Å². The number of aryl methyl sites for hydroxylation is 1. The van der Waals surface area contributed by atoms with E-state index >= 15 is 0 Å². The van der Waals surface area contributed by atoms with Gasteiger partial charge in [0.2, 0.25) is 0 Å². The van der Waals surface area contributed by atoms with E-state index in [1.807, 2.05) is 6.07 Å². The maximum absolute atomic E-state index is 12.7. The predicted molar refractivity (Wildman–Crippen MR) is 72.5 cm³/mol. The van der Waals surface area contributed by atoms with E-state index in [4.69, 9.17) is 5.26 Å². The Morgan fingerprint density at radius 1 is 1.19 bits per heavy atom. The molecule has 0 bridgehead atoms. The molecule has 0 aliphatic carbocycles. The Bertz CT molecular complexity index is 675. The number of rotatable bonds is 3. The predicted octanol–water partition coefficient (Wildman–Crippen LogP) is 3.97. The van der Waals surface area contributed by atoms with Gasteiger partial charge in [-0.1, -0.05) is 23.9 Å². The average Bonchev–Trinajstić information content (AvgIpc) is 2.44. The SMILES string of the molecule is Cc1cc(C(F)(F)F)nc(SCc2ccc(C#N)cc2)n1. The van der Waals surface area contributed by atoms with Crippen LogP contribution in [0.1, 0.15) is 22.5 Å². The van der Waals surface area contributed by atoms with Crippen LogP contribution >= 0.6 is 11.8 Å². The Morgan fingerprint density at radius 2 is 1.86 bits per heavy atom. The van der Waals surface area contributed by atoms with Crippen molar-refractivity contribution >= 4 is 11.8 Å². The zero-order chi connectivity index (χ0) is 15.5. The quantitative estimate of drug-likeness (QED) is 0.636. The molecule has 2 rings (SSSR count). The molecule has 0 atom stereocenters. The number of thioether (sulfide) groups is 1. The minimum Gasteiger partial charge on any atom is -0.228 e. The first kappa shape index (κ1) is 15.3. The summed E-state index contributed by atoms with van der Waals surface area (Å²) in [7, 11) is 0. The highest BCUT2D eigenvalue weighted by Gasteiger charge is 2.33. The zero-order valence-electron chi connectivity index (χ0n) is 11.0. The van der Waals surface area contributed by atoms with Gasteiger partial charge in [-0.15, -0.1) is 0 Å². The maximum Gasteiger partial charge on any atom is 0.433 e. The van der Waals surface area contributed by atoms with Crippen LogP contribution in [0.25, 0.3) is 0 Å². The molecule has 1 aromatic heterocycles. The normalized spacial score (nSPS) is 11.2. The minimum atomic E-state index is -4.47. The number of hydrogen-bond donors (Lipinski definition) is 0. The lowest BCUT2D eigenvalue weighted by Gasteiger charge is -2.08. The van der Waals surface area contributed by atoms with Crippen LogP contribution in [0.5, 0.6) is 0 Å². The van der Waals surface area contributed by atoms with Gasteiger partial charge in [-0.25, -0.2) is 9.97 Å². The number of hydrogen-bond acceptors (Lipinski definition) is 4. The molecule has 0 aliphatic rings. The van der Waals surface area contributed by atoms with Crippen LogP contribution in [0.2, 0.25) is 0 Å². The highest BCUT2D eigenvalue weighted by molar-refractivity contribution is 7.98. The molecule has 108 valence electrons. The Hall–Kier alpha value is -2.07. The average molecular weight is 309 g/mol. The fourth-order valence-corrected chi connectivity index (χ4v) is 2.43. The van der Waals surface area contributed by atoms with Crippen molar-refractivity contribution in [1.29, 1.82) is 5.26 Å². The molecule has 0 fully saturated rings. The third-order valence-corrected chi connectivity index (χ3v) is 3.49. The summed E-state index contributed by atoms with van der Waals surface area (Å²) in [6.07, 6.45) is -4.47. The van der Waals surface area contributed by atoms with Gasteiger partial charge in [-0.05, 0) is 30.7 Å². The summed E-state index contributed by atoms with van der Waals surface area (Å²) in [5.41, 5.74) is 0.768. The van der Waals surface area contributed by atoms with Crippen LogP contribution in [-0.2, 0) is 11.9 Å². The first-order valence-corrected chi connectivity index (χ1v) is 6.92. The Labute approximate surface area is 123 Å². The maximum atomic E-state index is 12.7. The van der Waals surface area contributed by atoms with Crippen LogP contribution in [-0.4, -0.2) is 9.97 Å². The summed E-state index contributed by atoms with van der Waals surface area (Å²) in [5, 5.41) is 8.78. The summed E-state index contributed by atoms with van der Waals surface area (Å²) in [4.78, 5) is 7.52. The first-order chi connectivity index (χ1) is 9.88. The van der Waals surface area contributed by atoms with Crippen molar-refractivity contribution in [2.75, 3.05) is 0 Å². The third kappa shape index (κ3) is 4.20. The minimum absolute atomic E-state index is 0.0895. The van der Waals surface area contributed by atoms with Crippen molar-refractivity contribution in [1.82, 2.24) is 9.97 Å². The summed E-state index contributed by atoms with van der Waals surface area (Å²) in [6, 6.07) is 9.76. The van der Waals surface area contributed by atoms with Gasteiger partial charge in [0.15, 0.2) is 5.16 Å². The molecule has 1 aromatic carbocycles. The van der Waals surface area contributed by atoms with E-state index in [-0.39, 0.29) is 10.9 Å². The van der Waals surface area contributed by atoms with E-state index in [1.54, 1.807) is 24.3 Å². The molecule has 0 radical (unpaired) electrons. The van der Waals surface area contributed by atoms with Crippen molar-refractivity contribution in [2.45, 2.75) is 24.0 Å². The second kappa shape index (κ2) is 6.14. The molecule has 0 saturated heterocycles. The first-order valence-electron chi connectivity index (χ1n) is 5.93. The van der Waals surface area contributed by atoms with Gasteiger partial charge in [0.1, 0.15) is 5.69 Å². The van der Waals surface area contributed by atoms with Gasteiger partial charge in [0, 0.05) is 11.4 Å². The highest BCUT2D eigenvalue weighted by Crippen LogP contribution is 2.30. The third-order valence-electron chi connectivity index (χ3n) is 2.58. The van der Waals surface area contributed by atoms with Crippen LogP contribution < -0.4 is 0 Å². The number of halogens is 3. The fraction of sp³-hybridized carbons (Fsp3) is 0.214. The molecule has 0 amide bonds. The molecule has 0 unspecified atom stereocenters. The standard InChI is InChI=1S/C14H10F3N3S/c1-9-6-12(14(15,16)17)20-13(19-9)21-8-11-4-2-10(7-18)3-5-11/h2-6H,8H2,1H3. The van der Waals surface area contributed by atoms with Crippen LogP contribution in [0.4, 0.5) is 13.2 Å². The Kier molecular flexibility index (Phi) is 4.48. The molecule has 0 saturated carbocycles. The Morgan fingerprint density at radius 3 is 2.43 bits per heavy atom. The van der Waals surface area contributed by atoms with Gasteiger partial charge < -0.3 is 0 Å². The summed E-state index contributed by atoms with van der Waals surface area (Å²) >= 11 is 1.13. The lowest BCUT2D eigenvalue weighted by Crippen LogP contribution is -2.10. The summed E-state index contributed by atoms with van der Waals surface area (Å²) in [5.74, 6) is 0.437. The molecule has 0 N–H and O–H groups in total. The number of alkyl halides is 3. The van der Waals surface area contributed by atoms with Gasteiger partial charge in [-0.2, -0.15) is 18.4 Å². The molecular weight excluding hydrogens is 299 g/mol. The van der Waals surface area contributed by atoms with Gasteiger partial charge in [-0.3, -0.25) is 0 Å². The van der Waals surface area contributed by atoms with Gasteiger partial charge in [0.05, 0.1) is 11.6 Å². The van der Waals surface area contributed by atoms with E-state index < -0.39 is 11.9 Å². The lowest BCUT2D eigenvalue weighted by atomic mass is 10.2. The van der Waals surface area contributed by atoms with E-state index in [1.165, 1.54) is 6.92 Å². The largest absolute Gasteiger partial charge is 0.433 e. The van der Waals surface area contributed by atoms with Crippen molar-refractivity contribution in [2.24, 2.45) is 0 Å². The molecule has 0 aliphatic heterocycles. The molecule has 21 heavy (non-hydrogen) atoms. The molecular formula is C14H10F3N3S. The number of nitriles is 1. The molecule has 2 aromatic rings. The fourth-order valence-electron chi connectivity index (χ4n) is 1.57. The van der Waals surface area contributed by atoms with Gasteiger partial charge >= 0.3 is 6.18 Å². The van der Waals surface area contributed by atoms with Crippen LogP contribution in [0.3, 0.4) is 0 Å². The number of aromatic nitrogens is 2.